The first-order chi connectivity index (χ1) is 10.2. The number of nitrogens with one attached hydrogen (secondary N) is 1. The number of amides is 1. The Hall–Kier alpha value is -2.60. The van der Waals surface area contributed by atoms with Crippen molar-refractivity contribution in [1.29, 1.82) is 0 Å². The van der Waals surface area contributed by atoms with E-state index in [9.17, 15) is 4.79 Å². The molecule has 2 N–H and O–H groups in total. The lowest BCUT2D eigenvalue weighted by molar-refractivity contribution is 0.170. The average Bonchev–Trinajstić information content (AvgIpc) is 2.51. The fourth-order valence-electron chi connectivity index (χ4n) is 2.35. The Kier molecular flexibility index (Phi) is 3.45. The van der Waals surface area contributed by atoms with Crippen LogP contribution in [0.25, 0.3) is 0 Å². The number of hydrogen-bond acceptors (Lipinski definition) is 3. The Bertz CT molecular complexity index is 690. The molecule has 1 aliphatic rings. The molecule has 6 heteroatoms. The molecule has 0 fully saturated rings. The highest BCUT2D eigenvalue weighted by Crippen LogP contribution is 2.32. The van der Waals surface area contributed by atoms with Crippen molar-refractivity contribution in [1.82, 2.24) is 10.4 Å². The van der Waals surface area contributed by atoms with Crippen LogP contribution in [0.4, 0.5) is 16.2 Å². The third-order valence-electron chi connectivity index (χ3n) is 3.25. The molecule has 0 radical (unpaired) electrons. The highest BCUT2D eigenvalue weighted by Gasteiger charge is 2.27. The third-order valence-corrected chi connectivity index (χ3v) is 3.69. The van der Waals surface area contributed by atoms with Crippen molar-refractivity contribution >= 4 is 34.7 Å². The van der Waals surface area contributed by atoms with Crippen molar-refractivity contribution in [2.24, 2.45) is 0 Å². The Morgan fingerprint density at radius 2 is 1.76 bits per heavy atom. The van der Waals surface area contributed by atoms with E-state index < -0.39 is 6.09 Å². The fraction of sp³-hybridized carbons (Fsp3) is 0.0667. The third kappa shape index (κ3) is 2.53. The van der Waals surface area contributed by atoms with Gasteiger partial charge in [0.1, 0.15) is 11.7 Å². The summed E-state index contributed by atoms with van der Waals surface area (Å²) < 4.78 is 0. The molecule has 0 bridgehead atoms. The number of thiocarbonyl (C=S) groups is 1. The zero-order valence-corrected chi connectivity index (χ0v) is 11.9. The Morgan fingerprint density at radius 3 is 2.48 bits per heavy atom. The number of para-hydroxylation sites is 2. The number of rotatable bonds is 2. The van der Waals surface area contributed by atoms with Gasteiger partial charge in [-0.05, 0) is 24.3 Å². The van der Waals surface area contributed by atoms with Gasteiger partial charge in [0.2, 0.25) is 0 Å². The minimum absolute atomic E-state index is 0.326. The summed E-state index contributed by atoms with van der Waals surface area (Å²) in [5, 5.41) is 10.4. The molecule has 106 valence electrons. The quantitative estimate of drug-likeness (QED) is 0.835. The van der Waals surface area contributed by atoms with E-state index in [1.807, 2.05) is 59.5 Å². The van der Waals surface area contributed by atoms with E-state index in [1.165, 1.54) is 5.01 Å². The van der Waals surface area contributed by atoms with E-state index in [1.54, 1.807) is 0 Å². The van der Waals surface area contributed by atoms with Crippen LogP contribution in [0.2, 0.25) is 0 Å². The SMILES string of the molecule is O=C(O)NN1CN(c2ccccc2)c2ccccc2C1=S. The molecule has 0 atom stereocenters. The summed E-state index contributed by atoms with van der Waals surface area (Å²) in [6.07, 6.45) is -1.13. The topological polar surface area (TPSA) is 55.8 Å². The number of carbonyl (C=O) groups is 1. The molecule has 0 unspecified atom stereocenters. The van der Waals surface area contributed by atoms with E-state index in [0.717, 1.165) is 16.9 Å². The van der Waals surface area contributed by atoms with Crippen LogP contribution in [0.1, 0.15) is 5.56 Å². The van der Waals surface area contributed by atoms with Gasteiger partial charge in [0.25, 0.3) is 0 Å². The van der Waals surface area contributed by atoms with E-state index in [2.05, 4.69) is 5.43 Å². The molecule has 1 heterocycles. The van der Waals surface area contributed by atoms with Gasteiger partial charge in [-0.3, -0.25) is 5.01 Å². The first-order valence-corrected chi connectivity index (χ1v) is 6.81. The van der Waals surface area contributed by atoms with Crippen molar-refractivity contribution < 1.29 is 9.90 Å². The molecule has 0 aromatic heterocycles. The van der Waals surface area contributed by atoms with Crippen LogP contribution in [0.15, 0.2) is 54.6 Å². The molecule has 0 saturated heterocycles. The minimum atomic E-state index is -1.13. The van der Waals surface area contributed by atoms with Gasteiger partial charge >= 0.3 is 6.09 Å². The van der Waals surface area contributed by atoms with E-state index in [4.69, 9.17) is 17.3 Å². The predicted octanol–water partition coefficient (Wildman–Crippen LogP) is 2.96. The second-order valence-corrected chi connectivity index (χ2v) is 4.96. The second-order valence-electron chi connectivity index (χ2n) is 4.57. The molecular weight excluding hydrogens is 286 g/mol. The molecule has 0 saturated carbocycles. The van der Waals surface area contributed by atoms with Crippen molar-refractivity contribution in [2.45, 2.75) is 0 Å². The average molecular weight is 299 g/mol. The Morgan fingerprint density at radius 1 is 1.10 bits per heavy atom. The molecule has 5 nitrogen and oxygen atoms in total. The van der Waals surface area contributed by atoms with Gasteiger partial charge < -0.3 is 10.0 Å². The van der Waals surface area contributed by atoms with E-state index in [0.29, 0.717) is 11.7 Å². The van der Waals surface area contributed by atoms with Gasteiger partial charge in [0, 0.05) is 11.3 Å². The van der Waals surface area contributed by atoms with Crippen LogP contribution >= 0.6 is 12.2 Å². The van der Waals surface area contributed by atoms with Gasteiger partial charge in [0.15, 0.2) is 0 Å². The summed E-state index contributed by atoms with van der Waals surface area (Å²) in [7, 11) is 0. The van der Waals surface area contributed by atoms with Crippen LogP contribution in [0, 0.1) is 0 Å². The van der Waals surface area contributed by atoms with Gasteiger partial charge in [-0.15, -0.1) is 0 Å². The molecule has 3 rings (SSSR count). The molecular formula is C15H13N3O2S. The Labute approximate surface area is 127 Å². The number of hydrazine groups is 1. The lowest BCUT2D eigenvalue weighted by Gasteiger charge is -2.38. The number of benzene rings is 2. The first-order valence-electron chi connectivity index (χ1n) is 6.40. The van der Waals surface area contributed by atoms with Crippen LogP contribution in [0.3, 0.4) is 0 Å². The maximum absolute atomic E-state index is 10.9. The standard InChI is InChI=1S/C15H13N3O2S/c19-15(20)16-18-10-17(11-6-2-1-3-7-11)13-9-5-4-8-12(13)14(18)21/h1-9,16H,10H2,(H,19,20). The Balaban J connectivity index is 2.06. The normalized spacial score (nSPS) is 13.8. The number of nitrogens with zero attached hydrogens (tertiary/aromatic N) is 2. The van der Waals surface area contributed by atoms with E-state index in [-0.39, 0.29) is 0 Å². The van der Waals surface area contributed by atoms with Crippen LogP contribution < -0.4 is 10.3 Å². The lowest BCUT2D eigenvalue weighted by atomic mass is 10.1. The summed E-state index contributed by atoms with van der Waals surface area (Å²) in [4.78, 5) is 13.4. The van der Waals surface area contributed by atoms with Gasteiger partial charge in [-0.25, -0.2) is 10.2 Å². The molecule has 2 aromatic rings. The van der Waals surface area contributed by atoms with E-state index >= 15 is 0 Å². The molecule has 0 spiro atoms. The summed E-state index contributed by atoms with van der Waals surface area (Å²) in [5.74, 6) is 0. The summed E-state index contributed by atoms with van der Waals surface area (Å²) in [6.45, 7) is 0.326. The minimum Gasteiger partial charge on any atom is -0.464 e. The number of fused-ring (bicyclic) bond motifs is 1. The number of hydrogen-bond donors (Lipinski definition) is 2. The van der Waals surface area contributed by atoms with Crippen molar-refractivity contribution in [3.63, 3.8) is 0 Å². The van der Waals surface area contributed by atoms with Crippen LogP contribution in [0.5, 0.6) is 0 Å². The zero-order valence-electron chi connectivity index (χ0n) is 11.1. The second kappa shape index (κ2) is 5.41. The van der Waals surface area contributed by atoms with Crippen LogP contribution in [-0.4, -0.2) is 27.9 Å². The molecule has 2 aromatic carbocycles. The van der Waals surface area contributed by atoms with Crippen LogP contribution in [-0.2, 0) is 0 Å². The van der Waals surface area contributed by atoms with Gasteiger partial charge in [-0.2, -0.15) is 0 Å². The highest BCUT2D eigenvalue weighted by molar-refractivity contribution is 7.80. The maximum atomic E-state index is 10.9. The molecule has 21 heavy (non-hydrogen) atoms. The van der Waals surface area contributed by atoms with Crippen molar-refractivity contribution in [3.05, 3.63) is 60.2 Å². The maximum Gasteiger partial charge on any atom is 0.423 e. The molecule has 1 amide bonds. The lowest BCUT2D eigenvalue weighted by Crippen LogP contribution is -2.52. The predicted molar refractivity (Wildman–Crippen MR) is 84.6 cm³/mol. The fourth-order valence-corrected chi connectivity index (χ4v) is 2.62. The highest BCUT2D eigenvalue weighted by atomic mass is 32.1. The smallest absolute Gasteiger partial charge is 0.423 e. The van der Waals surface area contributed by atoms with Gasteiger partial charge in [-0.1, -0.05) is 42.5 Å². The van der Waals surface area contributed by atoms with Crippen molar-refractivity contribution in [2.75, 3.05) is 11.6 Å². The van der Waals surface area contributed by atoms with Crippen molar-refractivity contribution in [3.8, 4) is 0 Å². The summed E-state index contributed by atoms with van der Waals surface area (Å²) in [6, 6.07) is 17.5. The zero-order chi connectivity index (χ0) is 14.8. The summed E-state index contributed by atoms with van der Waals surface area (Å²) in [5.41, 5.74) is 5.12. The number of carboxylic acid groups (broad SMARTS) is 1. The molecule has 0 aliphatic carbocycles. The number of anilines is 2. The summed E-state index contributed by atoms with van der Waals surface area (Å²) >= 11 is 5.38. The largest absolute Gasteiger partial charge is 0.464 e. The van der Waals surface area contributed by atoms with Gasteiger partial charge in [0.05, 0.1) is 5.69 Å². The first kappa shape index (κ1) is 13.4. The monoisotopic (exact) mass is 299 g/mol. The molecule has 1 aliphatic heterocycles.